The monoisotopic (exact) mass is 371 g/mol. The number of H-pyrrole nitrogens is 1. The van der Waals surface area contributed by atoms with E-state index < -0.39 is 0 Å². The molecule has 27 heavy (non-hydrogen) atoms. The Morgan fingerprint density at radius 2 is 1.81 bits per heavy atom. The van der Waals surface area contributed by atoms with Gasteiger partial charge in [-0.05, 0) is 24.3 Å². The molecule has 8 nitrogen and oxygen atoms in total. The van der Waals surface area contributed by atoms with Crippen LogP contribution in [0.3, 0.4) is 0 Å². The third-order valence-corrected chi connectivity index (χ3v) is 4.85. The summed E-state index contributed by atoms with van der Waals surface area (Å²) < 4.78 is 31.0. The highest BCUT2D eigenvalue weighted by Crippen LogP contribution is 2.28. The number of halogens is 1. The van der Waals surface area contributed by atoms with Gasteiger partial charge in [0, 0.05) is 13.1 Å². The number of ether oxygens (including phenoxy) is 3. The van der Waals surface area contributed by atoms with Crippen LogP contribution >= 0.6 is 0 Å². The predicted octanol–water partition coefficient (Wildman–Crippen LogP) is 1.54. The molecule has 3 aromatic rings. The zero-order valence-electron chi connectivity index (χ0n) is 14.4. The van der Waals surface area contributed by atoms with E-state index >= 15 is 0 Å². The summed E-state index contributed by atoms with van der Waals surface area (Å²) in [5.41, 5.74) is 0.710. The summed E-state index contributed by atoms with van der Waals surface area (Å²) in [6, 6.07) is 5.96. The molecule has 4 heterocycles. The highest BCUT2D eigenvalue weighted by atomic mass is 19.1. The zero-order valence-corrected chi connectivity index (χ0v) is 14.4. The SMILES string of the molecule is Fc1ccc(OC2CO[C@H]3CN(c4ncnc5[nH]ncc45)C[C@@H]3OC2)cc1. The van der Waals surface area contributed by atoms with Crippen molar-refractivity contribution < 1.29 is 18.6 Å². The first-order valence-corrected chi connectivity index (χ1v) is 8.81. The molecule has 2 saturated heterocycles. The van der Waals surface area contributed by atoms with Crippen molar-refractivity contribution >= 4 is 16.9 Å². The van der Waals surface area contributed by atoms with Crippen LogP contribution in [-0.2, 0) is 9.47 Å². The van der Waals surface area contributed by atoms with Crippen LogP contribution in [0.15, 0.2) is 36.8 Å². The summed E-state index contributed by atoms with van der Waals surface area (Å²) in [7, 11) is 0. The molecule has 5 rings (SSSR count). The quantitative estimate of drug-likeness (QED) is 0.747. The van der Waals surface area contributed by atoms with Crippen LogP contribution in [0.25, 0.3) is 11.0 Å². The molecule has 0 saturated carbocycles. The summed E-state index contributed by atoms with van der Waals surface area (Å²) in [4.78, 5) is 10.7. The van der Waals surface area contributed by atoms with E-state index in [1.165, 1.54) is 18.5 Å². The minimum absolute atomic E-state index is 0.0660. The summed E-state index contributed by atoms with van der Waals surface area (Å²) in [5.74, 6) is 1.14. The number of aromatic amines is 1. The lowest BCUT2D eigenvalue weighted by atomic mass is 10.3. The van der Waals surface area contributed by atoms with Crippen molar-refractivity contribution in [2.45, 2.75) is 18.3 Å². The molecule has 2 aromatic heterocycles. The summed E-state index contributed by atoms with van der Waals surface area (Å²) in [6.45, 7) is 2.17. The Labute approximate surface area is 154 Å². The van der Waals surface area contributed by atoms with E-state index in [1.54, 1.807) is 18.3 Å². The number of hydrogen-bond acceptors (Lipinski definition) is 7. The number of hydrogen-bond donors (Lipinski definition) is 1. The summed E-state index contributed by atoms with van der Waals surface area (Å²) >= 11 is 0. The highest BCUT2D eigenvalue weighted by Gasteiger charge is 2.39. The lowest BCUT2D eigenvalue weighted by Gasteiger charge is -2.20. The van der Waals surface area contributed by atoms with Gasteiger partial charge in [0.1, 0.15) is 42.0 Å². The Morgan fingerprint density at radius 1 is 1.07 bits per heavy atom. The summed E-state index contributed by atoms with van der Waals surface area (Å²) in [6.07, 6.45) is 2.90. The van der Waals surface area contributed by atoms with Crippen molar-refractivity contribution in [3.8, 4) is 5.75 Å². The maximum Gasteiger partial charge on any atom is 0.160 e. The Balaban J connectivity index is 1.25. The van der Waals surface area contributed by atoms with E-state index in [1.807, 2.05) is 0 Å². The largest absolute Gasteiger partial charge is 0.486 e. The zero-order chi connectivity index (χ0) is 18.2. The van der Waals surface area contributed by atoms with Gasteiger partial charge in [-0.25, -0.2) is 14.4 Å². The average Bonchev–Trinajstić information content (AvgIpc) is 3.28. The van der Waals surface area contributed by atoms with Crippen LogP contribution in [0.4, 0.5) is 10.2 Å². The maximum atomic E-state index is 13.0. The Morgan fingerprint density at radius 3 is 2.56 bits per heavy atom. The molecule has 140 valence electrons. The van der Waals surface area contributed by atoms with Gasteiger partial charge in [0.25, 0.3) is 0 Å². The minimum atomic E-state index is -0.290. The second-order valence-electron chi connectivity index (χ2n) is 6.67. The number of rotatable bonds is 3. The van der Waals surface area contributed by atoms with E-state index in [0.717, 1.165) is 11.2 Å². The van der Waals surface area contributed by atoms with Gasteiger partial charge in [0.05, 0.1) is 24.8 Å². The van der Waals surface area contributed by atoms with Crippen LogP contribution in [0.5, 0.6) is 5.75 Å². The van der Waals surface area contributed by atoms with Crippen LogP contribution < -0.4 is 9.64 Å². The van der Waals surface area contributed by atoms with E-state index in [2.05, 4.69) is 25.1 Å². The van der Waals surface area contributed by atoms with Crippen molar-refractivity contribution in [2.24, 2.45) is 0 Å². The number of benzene rings is 1. The number of anilines is 1. The van der Waals surface area contributed by atoms with Gasteiger partial charge >= 0.3 is 0 Å². The van der Waals surface area contributed by atoms with Gasteiger partial charge < -0.3 is 19.1 Å². The van der Waals surface area contributed by atoms with Crippen molar-refractivity contribution in [2.75, 3.05) is 31.2 Å². The van der Waals surface area contributed by atoms with Gasteiger partial charge in [-0.2, -0.15) is 5.10 Å². The number of fused-ring (bicyclic) bond motifs is 2. The van der Waals surface area contributed by atoms with Crippen molar-refractivity contribution in [3.05, 3.63) is 42.6 Å². The average molecular weight is 371 g/mol. The molecule has 0 radical (unpaired) electrons. The first-order valence-electron chi connectivity index (χ1n) is 8.81. The second-order valence-corrected chi connectivity index (χ2v) is 6.67. The first kappa shape index (κ1) is 16.4. The molecule has 0 amide bonds. The van der Waals surface area contributed by atoms with Gasteiger partial charge in [0.15, 0.2) is 5.65 Å². The van der Waals surface area contributed by atoms with Crippen LogP contribution in [0.1, 0.15) is 0 Å². The Kier molecular flexibility index (Phi) is 4.10. The van der Waals surface area contributed by atoms with Gasteiger partial charge in [-0.1, -0.05) is 0 Å². The van der Waals surface area contributed by atoms with E-state index in [-0.39, 0.29) is 24.1 Å². The van der Waals surface area contributed by atoms with E-state index in [0.29, 0.717) is 37.7 Å². The smallest absolute Gasteiger partial charge is 0.160 e. The molecule has 2 fully saturated rings. The normalized spacial score (nSPS) is 23.4. The van der Waals surface area contributed by atoms with Crippen LogP contribution in [0, 0.1) is 5.82 Å². The number of aromatic nitrogens is 4. The third kappa shape index (κ3) is 3.19. The highest BCUT2D eigenvalue weighted by molar-refractivity contribution is 5.86. The maximum absolute atomic E-state index is 13.0. The molecular weight excluding hydrogens is 353 g/mol. The fourth-order valence-electron chi connectivity index (χ4n) is 3.52. The van der Waals surface area contributed by atoms with E-state index in [4.69, 9.17) is 14.2 Å². The fourth-order valence-corrected chi connectivity index (χ4v) is 3.52. The molecule has 2 aliphatic heterocycles. The lowest BCUT2D eigenvalue weighted by molar-refractivity contribution is -0.00461. The predicted molar refractivity (Wildman–Crippen MR) is 94.2 cm³/mol. The van der Waals surface area contributed by atoms with E-state index in [9.17, 15) is 4.39 Å². The molecule has 0 aliphatic carbocycles. The molecule has 9 heteroatoms. The van der Waals surface area contributed by atoms with Crippen molar-refractivity contribution in [1.29, 1.82) is 0 Å². The van der Waals surface area contributed by atoms with Gasteiger partial charge in [0.2, 0.25) is 0 Å². The Hall–Kier alpha value is -2.78. The molecular formula is C18H18FN5O3. The van der Waals surface area contributed by atoms with Crippen LogP contribution in [0.2, 0.25) is 0 Å². The molecule has 0 spiro atoms. The topological polar surface area (TPSA) is 85.4 Å². The minimum Gasteiger partial charge on any atom is -0.486 e. The fraction of sp³-hybridized carbons (Fsp3) is 0.389. The first-order chi connectivity index (χ1) is 13.3. The van der Waals surface area contributed by atoms with Crippen molar-refractivity contribution in [1.82, 2.24) is 20.2 Å². The molecule has 1 aromatic carbocycles. The van der Waals surface area contributed by atoms with Crippen LogP contribution in [-0.4, -0.2) is 64.8 Å². The number of nitrogens with one attached hydrogen (secondary N) is 1. The Bertz CT molecular complexity index is 918. The molecule has 1 N–H and O–H groups in total. The molecule has 2 atom stereocenters. The third-order valence-electron chi connectivity index (χ3n) is 4.85. The standard InChI is InChI=1S/C18H18FN5O3/c19-11-1-3-12(4-2-11)27-13-8-25-15-6-24(7-16(15)26-9-13)18-14-5-22-23-17(14)20-10-21-18/h1-5,10,13,15-16H,6-9H2,(H,20,21,22,23)/t15-,16-/m0/s1. The molecule has 0 unspecified atom stereocenters. The second kappa shape index (κ2) is 6.75. The molecule has 0 bridgehead atoms. The van der Waals surface area contributed by atoms with Gasteiger partial charge in [-0.15, -0.1) is 0 Å². The lowest BCUT2D eigenvalue weighted by Crippen LogP contribution is -2.29. The summed E-state index contributed by atoms with van der Waals surface area (Å²) in [5, 5.41) is 7.78. The van der Waals surface area contributed by atoms with Gasteiger partial charge in [-0.3, -0.25) is 5.10 Å². The number of nitrogens with zero attached hydrogens (tertiary/aromatic N) is 4. The van der Waals surface area contributed by atoms with Crippen molar-refractivity contribution in [3.63, 3.8) is 0 Å². The molecule has 2 aliphatic rings.